The van der Waals surface area contributed by atoms with Crippen LogP contribution in [0.25, 0.3) is 27.8 Å². The van der Waals surface area contributed by atoms with Crippen LogP contribution < -0.4 is 10.2 Å². The van der Waals surface area contributed by atoms with Crippen LogP contribution in [0.1, 0.15) is 0 Å². The van der Waals surface area contributed by atoms with Gasteiger partial charge in [-0.3, -0.25) is 4.79 Å². The zero-order valence-electron chi connectivity index (χ0n) is 14.1. The van der Waals surface area contributed by atoms with E-state index < -0.39 is 0 Å². The second-order valence-corrected chi connectivity index (χ2v) is 5.95. The fourth-order valence-corrected chi connectivity index (χ4v) is 3.12. The number of hydrogen-bond acceptors (Lipinski definition) is 2. The number of halogens is 1. The van der Waals surface area contributed by atoms with E-state index in [1.165, 1.54) is 12.1 Å². The molecule has 3 aromatic carbocycles. The standard InChI is InChI=1S/C22H16FNO2/c1-26-18-12-10-17(11-13-18)24-20-5-3-2-4-19(20)22(25)14-21(24)15-6-8-16(23)9-7-15/h2-14H,1H3. The maximum atomic E-state index is 13.4. The van der Waals surface area contributed by atoms with Gasteiger partial charge in [-0.2, -0.15) is 0 Å². The molecule has 0 atom stereocenters. The van der Waals surface area contributed by atoms with E-state index in [0.717, 1.165) is 22.5 Å². The first-order chi connectivity index (χ1) is 12.7. The minimum absolute atomic E-state index is 0.0651. The van der Waals surface area contributed by atoms with E-state index in [1.807, 2.05) is 53.1 Å². The molecule has 128 valence electrons. The fraction of sp³-hybridized carbons (Fsp3) is 0.0455. The quantitative estimate of drug-likeness (QED) is 0.534. The van der Waals surface area contributed by atoms with Crippen LogP contribution in [-0.4, -0.2) is 11.7 Å². The Morgan fingerprint density at radius 3 is 2.27 bits per heavy atom. The highest BCUT2D eigenvalue weighted by Crippen LogP contribution is 2.28. The molecule has 1 aromatic heterocycles. The Morgan fingerprint density at radius 2 is 1.58 bits per heavy atom. The number of nitrogens with zero attached hydrogens (tertiary/aromatic N) is 1. The normalized spacial score (nSPS) is 10.8. The average molecular weight is 345 g/mol. The molecule has 0 saturated heterocycles. The molecule has 0 radical (unpaired) electrons. The Hall–Kier alpha value is -3.40. The van der Waals surface area contributed by atoms with Crippen molar-refractivity contribution in [2.45, 2.75) is 0 Å². The van der Waals surface area contributed by atoms with Crippen molar-refractivity contribution in [1.82, 2.24) is 4.57 Å². The van der Waals surface area contributed by atoms with Crippen LogP contribution >= 0.6 is 0 Å². The number of aromatic nitrogens is 1. The van der Waals surface area contributed by atoms with Crippen molar-refractivity contribution in [2.75, 3.05) is 7.11 Å². The van der Waals surface area contributed by atoms with Crippen LogP contribution in [0.15, 0.2) is 83.7 Å². The zero-order valence-corrected chi connectivity index (χ0v) is 14.1. The SMILES string of the molecule is COc1ccc(-n2c(-c3ccc(F)cc3)cc(=O)c3ccccc32)cc1. The van der Waals surface area contributed by atoms with Gasteiger partial charge in [0.05, 0.1) is 18.3 Å². The van der Waals surface area contributed by atoms with Gasteiger partial charge in [-0.15, -0.1) is 0 Å². The van der Waals surface area contributed by atoms with Crippen LogP contribution in [0.4, 0.5) is 4.39 Å². The van der Waals surface area contributed by atoms with Gasteiger partial charge in [0, 0.05) is 17.1 Å². The van der Waals surface area contributed by atoms with E-state index in [0.29, 0.717) is 11.1 Å². The van der Waals surface area contributed by atoms with Gasteiger partial charge in [-0.05, 0) is 66.2 Å². The van der Waals surface area contributed by atoms with Crippen molar-refractivity contribution >= 4 is 10.9 Å². The van der Waals surface area contributed by atoms with E-state index in [1.54, 1.807) is 25.3 Å². The van der Waals surface area contributed by atoms with Gasteiger partial charge in [0.2, 0.25) is 0 Å². The number of para-hydroxylation sites is 1. The van der Waals surface area contributed by atoms with Gasteiger partial charge in [0.25, 0.3) is 0 Å². The largest absolute Gasteiger partial charge is 0.497 e. The second kappa shape index (κ2) is 6.48. The minimum Gasteiger partial charge on any atom is -0.497 e. The Morgan fingerprint density at radius 1 is 0.885 bits per heavy atom. The first kappa shape index (κ1) is 16.1. The minimum atomic E-state index is -0.312. The number of benzene rings is 3. The van der Waals surface area contributed by atoms with Gasteiger partial charge < -0.3 is 9.30 Å². The zero-order chi connectivity index (χ0) is 18.1. The molecule has 0 aliphatic heterocycles. The Kier molecular flexibility index (Phi) is 4.01. The van der Waals surface area contributed by atoms with Gasteiger partial charge in [-0.25, -0.2) is 4.39 Å². The number of hydrogen-bond donors (Lipinski definition) is 0. The van der Waals surface area contributed by atoms with Gasteiger partial charge in [0.1, 0.15) is 11.6 Å². The molecule has 0 aliphatic rings. The predicted molar refractivity (Wildman–Crippen MR) is 101 cm³/mol. The first-order valence-corrected chi connectivity index (χ1v) is 8.22. The molecule has 3 nitrogen and oxygen atoms in total. The molecule has 4 aromatic rings. The number of rotatable bonds is 3. The summed E-state index contributed by atoms with van der Waals surface area (Å²) < 4.78 is 20.6. The first-order valence-electron chi connectivity index (χ1n) is 8.22. The summed E-state index contributed by atoms with van der Waals surface area (Å²) in [5, 5.41) is 0.633. The van der Waals surface area contributed by atoms with Gasteiger partial charge in [0.15, 0.2) is 5.43 Å². The summed E-state index contributed by atoms with van der Waals surface area (Å²) in [4.78, 5) is 12.6. The highest BCUT2D eigenvalue weighted by molar-refractivity contribution is 5.84. The molecule has 0 bridgehead atoms. The van der Waals surface area contributed by atoms with Gasteiger partial charge in [-0.1, -0.05) is 12.1 Å². The van der Waals surface area contributed by atoms with E-state index >= 15 is 0 Å². The predicted octanol–water partition coefficient (Wildman–Crippen LogP) is 4.81. The molecule has 0 saturated carbocycles. The van der Waals surface area contributed by atoms with E-state index in [2.05, 4.69) is 0 Å². The molecule has 1 heterocycles. The van der Waals surface area contributed by atoms with Crippen LogP contribution in [0.5, 0.6) is 5.75 Å². The molecule has 4 rings (SSSR count). The smallest absolute Gasteiger partial charge is 0.190 e. The molecule has 0 fully saturated rings. The summed E-state index contributed by atoms with van der Waals surface area (Å²) in [5.41, 5.74) is 3.10. The molecule has 0 amide bonds. The lowest BCUT2D eigenvalue weighted by Gasteiger charge is -2.17. The average Bonchev–Trinajstić information content (AvgIpc) is 2.69. The highest BCUT2D eigenvalue weighted by atomic mass is 19.1. The lowest BCUT2D eigenvalue weighted by Crippen LogP contribution is -2.10. The second-order valence-electron chi connectivity index (χ2n) is 5.95. The summed E-state index contributed by atoms with van der Waals surface area (Å²) >= 11 is 0. The summed E-state index contributed by atoms with van der Waals surface area (Å²) in [5.74, 6) is 0.440. The molecule has 0 aliphatic carbocycles. The van der Waals surface area contributed by atoms with Crippen molar-refractivity contribution in [3.63, 3.8) is 0 Å². The summed E-state index contributed by atoms with van der Waals surface area (Å²) in [6.45, 7) is 0. The lowest BCUT2D eigenvalue weighted by molar-refractivity contribution is 0.415. The third-order valence-corrected chi connectivity index (χ3v) is 4.39. The Balaban J connectivity index is 2.07. The van der Waals surface area contributed by atoms with Crippen LogP contribution in [0, 0.1) is 5.82 Å². The van der Waals surface area contributed by atoms with Crippen molar-refractivity contribution in [3.05, 3.63) is 94.9 Å². The molecule has 0 unspecified atom stereocenters. The number of pyridine rings is 1. The van der Waals surface area contributed by atoms with Crippen molar-refractivity contribution in [3.8, 4) is 22.7 Å². The number of fused-ring (bicyclic) bond motifs is 1. The molecule has 26 heavy (non-hydrogen) atoms. The Bertz CT molecular complexity index is 1130. The maximum absolute atomic E-state index is 13.4. The summed E-state index contributed by atoms with van der Waals surface area (Å²) in [6.07, 6.45) is 0. The van der Waals surface area contributed by atoms with Crippen LogP contribution in [0.3, 0.4) is 0 Å². The molecule has 4 heteroatoms. The van der Waals surface area contributed by atoms with Gasteiger partial charge >= 0.3 is 0 Å². The lowest BCUT2D eigenvalue weighted by atomic mass is 10.1. The van der Waals surface area contributed by atoms with Crippen LogP contribution in [-0.2, 0) is 0 Å². The maximum Gasteiger partial charge on any atom is 0.190 e. The third kappa shape index (κ3) is 2.75. The van der Waals surface area contributed by atoms with E-state index in [9.17, 15) is 9.18 Å². The molecular weight excluding hydrogens is 329 g/mol. The summed E-state index contributed by atoms with van der Waals surface area (Å²) in [7, 11) is 1.62. The van der Waals surface area contributed by atoms with E-state index in [4.69, 9.17) is 4.74 Å². The van der Waals surface area contributed by atoms with Crippen molar-refractivity contribution in [2.24, 2.45) is 0 Å². The van der Waals surface area contributed by atoms with Crippen molar-refractivity contribution in [1.29, 1.82) is 0 Å². The number of ether oxygens (including phenoxy) is 1. The highest BCUT2D eigenvalue weighted by Gasteiger charge is 2.12. The van der Waals surface area contributed by atoms with E-state index in [-0.39, 0.29) is 11.2 Å². The van der Waals surface area contributed by atoms with Crippen LogP contribution in [0.2, 0.25) is 0 Å². The molecule has 0 spiro atoms. The molecular formula is C22H16FNO2. The summed E-state index contributed by atoms with van der Waals surface area (Å²) in [6, 6.07) is 22.8. The monoisotopic (exact) mass is 345 g/mol. The number of methoxy groups -OCH3 is 1. The fourth-order valence-electron chi connectivity index (χ4n) is 3.12. The third-order valence-electron chi connectivity index (χ3n) is 4.39. The molecule has 0 N–H and O–H groups in total. The topological polar surface area (TPSA) is 31.2 Å². The Labute approximate surface area is 149 Å². The van der Waals surface area contributed by atoms with Crippen molar-refractivity contribution < 1.29 is 9.13 Å².